The zero-order chi connectivity index (χ0) is 12.0. The van der Waals surface area contributed by atoms with Crippen LogP contribution >= 0.6 is 0 Å². The molecule has 0 aliphatic carbocycles. The van der Waals surface area contributed by atoms with Gasteiger partial charge in [-0.2, -0.15) is 5.26 Å². The quantitative estimate of drug-likeness (QED) is 0.792. The van der Waals surface area contributed by atoms with E-state index in [-0.39, 0.29) is 12.0 Å². The molecule has 0 atom stereocenters. The molecule has 1 heterocycles. The first kappa shape index (κ1) is 12.5. The molecule has 0 aromatic carbocycles. The van der Waals surface area contributed by atoms with E-state index in [4.69, 9.17) is 10.4 Å². The summed E-state index contributed by atoms with van der Waals surface area (Å²) in [6.07, 6.45) is 2.35. The van der Waals surface area contributed by atoms with Crippen LogP contribution in [0.2, 0.25) is 0 Å². The monoisotopic (exact) mass is 219 g/mol. The zero-order valence-electron chi connectivity index (χ0n) is 9.70. The lowest BCUT2D eigenvalue weighted by Crippen LogP contribution is -2.24. The molecular formula is C12H17N3O. The second-order valence-corrected chi connectivity index (χ2v) is 4.53. The van der Waals surface area contributed by atoms with Gasteiger partial charge in [0.1, 0.15) is 5.82 Å². The van der Waals surface area contributed by atoms with E-state index >= 15 is 0 Å². The van der Waals surface area contributed by atoms with Crippen molar-refractivity contribution < 1.29 is 5.11 Å². The van der Waals surface area contributed by atoms with E-state index < -0.39 is 0 Å². The van der Waals surface area contributed by atoms with Crippen molar-refractivity contribution in [2.45, 2.75) is 20.3 Å². The van der Waals surface area contributed by atoms with Crippen molar-refractivity contribution in [3.8, 4) is 6.07 Å². The third kappa shape index (κ3) is 3.87. The number of nitriles is 1. The molecule has 0 radical (unpaired) electrons. The second-order valence-electron chi connectivity index (χ2n) is 4.53. The van der Waals surface area contributed by atoms with Crippen molar-refractivity contribution in [3.63, 3.8) is 0 Å². The number of aliphatic hydroxyl groups excluding tert-OH is 1. The average Bonchev–Trinajstić information content (AvgIpc) is 2.27. The van der Waals surface area contributed by atoms with E-state index in [0.29, 0.717) is 11.4 Å². The molecule has 0 amide bonds. The molecule has 0 aliphatic rings. The Kier molecular flexibility index (Phi) is 4.27. The SMILES string of the molecule is CC(C)(CCO)CNc1cc(C#N)ccn1. The maximum Gasteiger partial charge on any atom is 0.127 e. The molecule has 2 N–H and O–H groups in total. The van der Waals surface area contributed by atoms with Gasteiger partial charge in [0.25, 0.3) is 0 Å². The smallest absolute Gasteiger partial charge is 0.127 e. The van der Waals surface area contributed by atoms with Gasteiger partial charge in [-0.1, -0.05) is 13.8 Å². The topological polar surface area (TPSA) is 68.9 Å². The summed E-state index contributed by atoms with van der Waals surface area (Å²) >= 11 is 0. The van der Waals surface area contributed by atoms with Crippen LogP contribution in [0.3, 0.4) is 0 Å². The zero-order valence-corrected chi connectivity index (χ0v) is 9.70. The van der Waals surface area contributed by atoms with Crippen LogP contribution in [0.25, 0.3) is 0 Å². The molecule has 0 saturated heterocycles. The molecule has 1 aromatic rings. The van der Waals surface area contributed by atoms with Gasteiger partial charge in [-0.3, -0.25) is 0 Å². The molecule has 0 spiro atoms. The molecular weight excluding hydrogens is 202 g/mol. The highest BCUT2D eigenvalue weighted by atomic mass is 16.3. The molecule has 0 saturated carbocycles. The second kappa shape index (κ2) is 5.47. The fourth-order valence-electron chi connectivity index (χ4n) is 1.32. The van der Waals surface area contributed by atoms with Gasteiger partial charge in [0.2, 0.25) is 0 Å². The predicted molar refractivity (Wildman–Crippen MR) is 62.9 cm³/mol. The normalized spacial score (nSPS) is 10.9. The maximum absolute atomic E-state index is 8.89. The molecule has 1 aromatic heterocycles. The van der Waals surface area contributed by atoms with Crippen LogP contribution in [-0.4, -0.2) is 23.2 Å². The number of aliphatic hydroxyl groups is 1. The number of anilines is 1. The first-order valence-corrected chi connectivity index (χ1v) is 5.28. The summed E-state index contributed by atoms with van der Waals surface area (Å²) in [6, 6.07) is 5.46. The van der Waals surface area contributed by atoms with E-state index in [9.17, 15) is 0 Å². The van der Waals surface area contributed by atoms with E-state index in [1.807, 2.05) is 0 Å². The maximum atomic E-state index is 8.89. The van der Waals surface area contributed by atoms with Gasteiger partial charge in [0, 0.05) is 19.3 Å². The number of nitrogens with one attached hydrogen (secondary N) is 1. The van der Waals surface area contributed by atoms with Gasteiger partial charge in [0.15, 0.2) is 0 Å². The molecule has 4 heteroatoms. The Labute approximate surface area is 95.9 Å². The summed E-state index contributed by atoms with van der Waals surface area (Å²) < 4.78 is 0. The number of hydrogen-bond donors (Lipinski definition) is 2. The molecule has 86 valence electrons. The summed E-state index contributed by atoms with van der Waals surface area (Å²) in [5.74, 6) is 0.699. The summed E-state index contributed by atoms with van der Waals surface area (Å²) in [7, 11) is 0. The highest BCUT2D eigenvalue weighted by Gasteiger charge is 2.16. The minimum atomic E-state index is 0.0130. The highest BCUT2D eigenvalue weighted by Crippen LogP contribution is 2.20. The van der Waals surface area contributed by atoms with Crippen LogP contribution in [-0.2, 0) is 0 Å². The van der Waals surface area contributed by atoms with E-state index in [0.717, 1.165) is 13.0 Å². The van der Waals surface area contributed by atoms with Crippen molar-refractivity contribution in [1.82, 2.24) is 4.98 Å². The fourth-order valence-corrected chi connectivity index (χ4v) is 1.32. The number of pyridine rings is 1. The van der Waals surface area contributed by atoms with Gasteiger partial charge >= 0.3 is 0 Å². The van der Waals surface area contributed by atoms with Crippen LogP contribution < -0.4 is 5.32 Å². The number of rotatable bonds is 5. The summed E-state index contributed by atoms with van der Waals surface area (Å²) in [5, 5.41) is 20.8. The molecule has 0 unspecified atom stereocenters. The Morgan fingerprint density at radius 3 is 2.94 bits per heavy atom. The van der Waals surface area contributed by atoms with E-state index in [2.05, 4.69) is 30.2 Å². The van der Waals surface area contributed by atoms with Crippen molar-refractivity contribution >= 4 is 5.82 Å². The molecule has 1 rings (SSSR count). The Balaban J connectivity index is 2.58. The molecule has 0 aliphatic heterocycles. The lowest BCUT2D eigenvalue weighted by molar-refractivity contribution is 0.220. The molecule has 0 fully saturated rings. The van der Waals surface area contributed by atoms with E-state index in [1.54, 1.807) is 18.3 Å². The Hall–Kier alpha value is -1.60. The predicted octanol–water partition coefficient (Wildman–Crippen LogP) is 1.77. The van der Waals surface area contributed by atoms with Gasteiger partial charge in [-0.25, -0.2) is 4.98 Å². The Morgan fingerprint density at radius 2 is 2.31 bits per heavy atom. The molecule has 4 nitrogen and oxygen atoms in total. The Bertz CT molecular complexity index is 382. The van der Waals surface area contributed by atoms with Crippen molar-refractivity contribution in [2.75, 3.05) is 18.5 Å². The van der Waals surface area contributed by atoms with Crippen LogP contribution in [0.1, 0.15) is 25.8 Å². The van der Waals surface area contributed by atoms with E-state index in [1.165, 1.54) is 0 Å². The van der Waals surface area contributed by atoms with Crippen molar-refractivity contribution in [3.05, 3.63) is 23.9 Å². The Morgan fingerprint density at radius 1 is 1.56 bits per heavy atom. The largest absolute Gasteiger partial charge is 0.396 e. The third-order valence-electron chi connectivity index (χ3n) is 2.43. The fraction of sp³-hybridized carbons (Fsp3) is 0.500. The van der Waals surface area contributed by atoms with Crippen LogP contribution in [0.15, 0.2) is 18.3 Å². The third-order valence-corrected chi connectivity index (χ3v) is 2.43. The lowest BCUT2D eigenvalue weighted by Gasteiger charge is -2.24. The average molecular weight is 219 g/mol. The minimum absolute atomic E-state index is 0.0130. The summed E-state index contributed by atoms with van der Waals surface area (Å²) in [5.41, 5.74) is 0.608. The standard InChI is InChI=1S/C12H17N3O/c1-12(2,4-6-16)9-15-11-7-10(8-13)3-5-14-11/h3,5,7,16H,4,6,9H2,1-2H3,(H,14,15). The van der Waals surface area contributed by atoms with Gasteiger partial charge < -0.3 is 10.4 Å². The van der Waals surface area contributed by atoms with Gasteiger partial charge in [-0.15, -0.1) is 0 Å². The number of aromatic nitrogens is 1. The minimum Gasteiger partial charge on any atom is -0.396 e. The van der Waals surface area contributed by atoms with Crippen LogP contribution in [0, 0.1) is 16.7 Å². The van der Waals surface area contributed by atoms with Gasteiger partial charge in [-0.05, 0) is 24.0 Å². The molecule has 16 heavy (non-hydrogen) atoms. The summed E-state index contributed by atoms with van der Waals surface area (Å²) in [6.45, 7) is 5.05. The van der Waals surface area contributed by atoms with Crippen molar-refractivity contribution in [1.29, 1.82) is 5.26 Å². The van der Waals surface area contributed by atoms with Gasteiger partial charge in [0.05, 0.1) is 11.6 Å². The first-order chi connectivity index (χ1) is 7.57. The summed E-state index contributed by atoms with van der Waals surface area (Å²) in [4.78, 5) is 4.13. The number of hydrogen-bond acceptors (Lipinski definition) is 4. The highest BCUT2D eigenvalue weighted by molar-refractivity contribution is 5.42. The van der Waals surface area contributed by atoms with Crippen LogP contribution in [0.5, 0.6) is 0 Å². The van der Waals surface area contributed by atoms with Crippen molar-refractivity contribution in [2.24, 2.45) is 5.41 Å². The molecule has 0 bridgehead atoms. The number of nitrogens with zero attached hydrogens (tertiary/aromatic N) is 2. The lowest BCUT2D eigenvalue weighted by atomic mass is 9.90. The van der Waals surface area contributed by atoms with Crippen LogP contribution in [0.4, 0.5) is 5.82 Å². The first-order valence-electron chi connectivity index (χ1n) is 5.28.